The minimum absolute atomic E-state index is 0.0869. The van der Waals surface area contributed by atoms with Crippen molar-refractivity contribution in [1.29, 1.82) is 0 Å². The quantitative estimate of drug-likeness (QED) is 0.282. The lowest BCUT2D eigenvalue weighted by Gasteiger charge is -2.29. The van der Waals surface area contributed by atoms with E-state index in [2.05, 4.69) is 19.6 Å². The second-order valence-corrected chi connectivity index (χ2v) is 13.3. The third-order valence-corrected chi connectivity index (χ3v) is 8.89. The van der Waals surface area contributed by atoms with Gasteiger partial charge in [-0.05, 0) is 55.7 Å². The number of hydrogen-bond acceptors (Lipinski definition) is 7. The maximum Gasteiger partial charge on any atom is 0.264 e. The molecule has 9 nitrogen and oxygen atoms in total. The lowest BCUT2D eigenvalue weighted by atomic mass is 10.00. The molecular weight excluding hydrogens is 586 g/mol. The Labute approximate surface area is 257 Å². The molecule has 0 aliphatic carbocycles. The van der Waals surface area contributed by atoms with Crippen LogP contribution in [0.2, 0.25) is 5.15 Å². The fraction of sp³-hybridized carbons (Fsp3) is 0.281. The number of carbonyl (C=O) groups is 1. The van der Waals surface area contributed by atoms with Crippen molar-refractivity contribution >= 4 is 33.5 Å². The van der Waals surface area contributed by atoms with Gasteiger partial charge in [-0.3, -0.25) is 9.69 Å². The first kappa shape index (κ1) is 30.6. The fourth-order valence-corrected chi connectivity index (χ4v) is 6.65. The zero-order chi connectivity index (χ0) is 30.8. The molecule has 1 unspecified atom stereocenters. The Morgan fingerprint density at radius 3 is 2.37 bits per heavy atom. The summed E-state index contributed by atoms with van der Waals surface area (Å²) in [6.45, 7) is 7.69. The number of anilines is 1. The van der Waals surface area contributed by atoms with Crippen LogP contribution in [0.25, 0.3) is 11.3 Å². The van der Waals surface area contributed by atoms with Gasteiger partial charge in [0.05, 0.1) is 22.7 Å². The van der Waals surface area contributed by atoms with Gasteiger partial charge in [-0.25, -0.2) is 23.1 Å². The van der Waals surface area contributed by atoms with Gasteiger partial charge in [-0.1, -0.05) is 66.2 Å². The van der Waals surface area contributed by atoms with Crippen LogP contribution in [0.4, 0.5) is 5.95 Å². The number of hydrogen-bond donors (Lipinski definition) is 2. The molecule has 1 atom stereocenters. The highest BCUT2D eigenvalue weighted by atomic mass is 35.5. The highest BCUT2D eigenvalue weighted by Crippen LogP contribution is 2.29. The minimum atomic E-state index is -4.17. The summed E-state index contributed by atoms with van der Waals surface area (Å²) in [4.78, 5) is 25.7. The highest BCUT2D eigenvalue weighted by molar-refractivity contribution is 7.92. The third kappa shape index (κ3) is 7.40. The van der Waals surface area contributed by atoms with E-state index in [-0.39, 0.29) is 34.0 Å². The molecule has 1 amide bonds. The van der Waals surface area contributed by atoms with Crippen molar-refractivity contribution < 1.29 is 18.3 Å². The Balaban J connectivity index is 1.35. The first-order chi connectivity index (χ1) is 20.4. The van der Waals surface area contributed by atoms with Crippen molar-refractivity contribution in [2.45, 2.75) is 37.8 Å². The molecular formula is C32H34ClN5O4S. The summed E-state index contributed by atoms with van der Waals surface area (Å²) in [5.41, 5.74) is 3.42. The van der Waals surface area contributed by atoms with Gasteiger partial charge in [-0.2, -0.15) is 0 Å². The Morgan fingerprint density at radius 1 is 0.953 bits per heavy atom. The molecule has 2 heterocycles. The number of carbonyl (C=O) groups excluding carboxylic acids is 1. The Morgan fingerprint density at radius 2 is 1.65 bits per heavy atom. The van der Waals surface area contributed by atoms with Crippen LogP contribution < -0.4 is 4.72 Å². The normalized spacial score (nSPS) is 17.8. The van der Waals surface area contributed by atoms with Crippen molar-refractivity contribution in [2.75, 3.05) is 30.9 Å². The number of amides is 1. The summed E-state index contributed by atoms with van der Waals surface area (Å²) in [5, 5.41) is 11.2. The molecule has 1 fully saturated rings. The zero-order valence-electron chi connectivity index (χ0n) is 24.3. The largest absolute Gasteiger partial charge is 0.387 e. The number of aliphatic hydroxyl groups is 1. The van der Waals surface area contributed by atoms with Gasteiger partial charge in [0.15, 0.2) is 0 Å². The summed E-state index contributed by atoms with van der Waals surface area (Å²) < 4.78 is 29.2. The lowest BCUT2D eigenvalue weighted by molar-refractivity contribution is 0.0123. The van der Waals surface area contributed by atoms with E-state index in [4.69, 9.17) is 11.6 Å². The van der Waals surface area contributed by atoms with Crippen LogP contribution in [0.15, 0.2) is 83.8 Å². The van der Waals surface area contributed by atoms with Crippen molar-refractivity contribution in [1.82, 2.24) is 19.8 Å². The molecule has 0 spiro atoms. The molecule has 0 radical (unpaired) electrons. The van der Waals surface area contributed by atoms with Gasteiger partial charge in [0, 0.05) is 43.4 Å². The molecule has 5 rings (SSSR count). The van der Waals surface area contributed by atoms with E-state index in [9.17, 15) is 18.3 Å². The molecule has 1 aromatic heterocycles. The number of sulfonamides is 1. The van der Waals surface area contributed by atoms with Crippen LogP contribution in [0, 0.1) is 13.8 Å². The number of β-amino-alcohol motifs (C(OH)–C–C–N with tert-alkyl or cyclic N) is 1. The number of halogens is 1. The van der Waals surface area contributed by atoms with Crippen molar-refractivity contribution in [2.24, 2.45) is 0 Å². The second-order valence-electron chi connectivity index (χ2n) is 11.2. The van der Waals surface area contributed by atoms with Crippen molar-refractivity contribution in [3.05, 3.63) is 106 Å². The van der Waals surface area contributed by atoms with Crippen LogP contribution in [0.3, 0.4) is 0 Å². The van der Waals surface area contributed by atoms with Crippen LogP contribution >= 0.6 is 11.6 Å². The van der Waals surface area contributed by atoms with Gasteiger partial charge in [0.2, 0.25) is 5.95 Å². The summed E-state index contributed by atoms with van der Waals surface area (Å²) in [6.07, 6.45) is 0. The molecule has 11 heteroatoms. The van der Waals surface area contributed by atoms with Gasteiger partial charge < -0.3 is 10.0 Å². The van der Waals surface area contributed by atoms with Crippen molar-refractivity contribution in [3.8, 4) is 11.3 Å². The number of aromatic nitrogens is 2. The average molecular weight is 620 g/mol. The summed E-state index contributed by atoms with van der Waals surface area (Å²) in [6, 6.07) is 23.2. The first-order valence-electron chi connectivity index (χ1n) is 13.9. The molecule has 0 saturated carbocycles. The van der Waals surface area contributed by atoms with E-state index in [1.54, 1.807) is 24.0 Å². The highest BCUT2D eigenvalue weighted by Gasteiger charge is 2.33. The number of nitrogens with zero attached hydrogens (tertiary/aromatic N) is 4. The standard InChI is InChI=1S/C32H34ClN5O4S/c1-22-9-7-10-23(2)29(22)27-18-28(33)35-31(34-27)36-43(41,42)26-14-8-13-25(17-26)30(39)38-16-15-37(20-32(3,40)21-38)19-24-11-5-4-6-12-24/h4-14,17-18,40H,15-16,19-21H2,1-3H3,(H,34,35,36). The molecule has 1 aliphatic heterocycles. The molecule has 224 valence electrons. The van der Waals surface area contributed by atoms with Crippen LogP contribution in [-0.4, -0.2) is 71.0 Å². The maximum absolute atomic E-state index is 13.6. The van der Waals surface area contributed by atoms with Gasteiger partial charge in [0.1, 0.15) is 5.15 Å². The van der Waals surface area contributed by atoms with Crippen LogP contribution in [0.5, 0.6) is 0 Å². The number of nitrogens with one attached hydrogen (secondary N) is 1. The SMILES string of the molecule is Cc1cccc(C)c1-c1cc(Cl)nc(NS(=O)(=O)c2cccc(C(=O)N3CCN(Cc4ccccc4)CC(C)(O)C3)c2)n1. The smallest absolute Gasteiger partial charge is 0.264 e. The van der Waals surface area contributed by atoms with Gasteiger partial charge >= 0.3 is 0 Å². The lowest BCUT2D eigenvalue weighted by Crippen LogP contribution is -2.45. The van der Waals surface area contributed by atoms with Crippen LogP contribution in [0.1, 0.15) is 34.0 Å². The molecule has 1 aliphatic rings. The van der Waals surface area contributed by atoms with E-state index in [1.165, 1.54) is 18.2 Å². The summed E-state index contributed by atoms with van der Waals surface area (Å²) in [7, 11) is -4.17. The fourth-order valence-electron chi connectivity index (χ4n) is 5.48. The average Bonchev–Trinajstić information content (AvgIpc) is 3.10. The molecule has 2 N–H and O–H groups in total. The second kappa shape index (κ2) is 12.4. The summed E-state index contributed by atoms with van der Waals surface area (Å²) >= 11 is 6.26. The predicted octanol–water partition coefficient (Wildman–Crippen LogP) is 4.92. The molecule has 43 heavy (non-hydrogen) atoms. The third-order valence-electron chi connectivity index (χ3n) is 7.37. The van der Waals surface area contributed by atoms with Crippen molar-refractivity contribution in [3.63, 3.8) is 0 Å². The number of aryl methyl sites for hydroxylation is 2. The predicted molar refractivity (Wildman–Crippen MR) is 167 cm³/mol. The topological polar surface area (TPSA) is 116 Å². The molecule has 4 aromatic rings. The number of rotatable bonds is 7. The van der Waals surface area contributed by atoms with E-state index in [0.717, 1.165) is 22.3 Å². The molecule has 1 saturated heterocycles. The first-order valence-corrected chi connectivity index (χ1v) is 15.8. The Bertz CT molecular complexity index is 1730. The Kier molecular flexibility index (Phi) is 8.84. The van der Waals surface area contributed by atoms with E-state index >= 15 is 0 Å². The van der Waals surface area contributed by atoms with Gasteiger partial charge in [0.25, 0.3) is 15.9 Å². The monoisotopic (exact) mass is 619 g/mol. The van der Waals surface area contributed by atoms with E-state index in [0.29, 0.717) is 31.9 Å². The minimum Gasteiger partial charge on any atom is -0.387 e. The Hall–Kier alpha value is -3.83. The molecule has 3 aromatic carbocycles. The van der Waals surface area contributed by atoms with Crippen LogP contribution in [-0.2, 0) is 16.6 Å². The van der Waals surface area contributed by atoms with E-state index in [1.807, 2.05) is 62.4 Å². The summed E-state index contributed by atoms with van der Waals surface area (Å²) in [5.74, 6) is -0.542. The number of benzene rings is 3. The van der Waals surface area contributed by atoms with Gasteiger partial charge in [-0.15, -0.1) is 0 Å². The zero-order valence-corrected chi connectivity index (χ0v) is 25.9. The maximum atomic E-state index is 13.6. The van der Waals surface area contributed by atoms with E-state index < -0.39 is 15.6 Å². The molecule has 0 bridgehead atoms.